The molecule has 0 fully saturated rings. The lowest BCUT2D eigenvalue weighted by Gasteiger charge is -2.07. The molecule has 0 heterocycles. The van der Waals surface area contributed by atoms with Crippen molar-refractivity contribution >= 4 is 22.6 Å². The van der Waals surface area contributed by atoms with Crippen molar-refractivity contribution in [1.29, 1.82) is 0 Å². The van der Waals surface area contributed by atoms with E-state index in [0.717, 1.165) is 11.1 Å². The summed E-state index contributed by atoms with van der Waals surface area (Å²) in [5.41, 5.74) is 1.90. The quantitative estimate of drug-likeness (QED) is 0.554. The van der Waals surface area contributed by atoms with Gasteiger partial charge in [0, 0.05) is 12.0 Å². The number of Topliss-reactive ketones (excluding diaryl/α,β-unsaturated/α-hetero) is 1. The Morgan fingerprint density at radius 1 is 0.667 bits per heavy atom. The highest BCUT2D eigenvalue weighted by Crippen LogP contribution is 2.17. The van der Waals surface area contributed by atoms with E-state index < -0.39 is 0 Å². The standard InChI is InChI=1S/C10H8O.C10H8/c11-10-7-3-5-8-4-1-2-6-9(8)10;1-2-6-10-8-4-3-7-9(10)5-1/h1-6H,7H2;1-8H. The largest absolute Gasteiger partial charge is 0.294 e. The minimum Gasteiger partial charge on any atom is -0.294 e. The SMILES string of the molecule is O=C1CC=Cc2ccccc21.c1ccc2ccccc2c1. The van der Waals surface area contributed by atoms with Crippen LogP contribution in [0.2, 0.25) is 0 Å². The lowest BCUT2D eigenvalue weighted by atomic mass is 9.97. The zero-order valence-electron chi connectivity index (χ0n) is 11.7. The summed E-state index contributed by atoms with van der Waals surface area (Å²) in [6, 6.07) is 24.4. The summed E-state index contributed by atoms with van der Waals surface area (Å²) < 4.78 is 0. The molecule has 1 aliphatic carbocycles. The van der Waals surface area contributed by atoms with E-state index in [-0.39, 0.29) is 5.78 Å². The number of benzene rings is 3. The van der Waals surface area contributed by atoms with Crippen molar-refractivity contribution < 1.29 is 4.79 Å². The highest BCUT2D eigenvalue weighted by molar-refractivity contribution is 6.02. The summed E-state index contributed by atoms with van der Waals surface area (Å²) in [5.74, 6) is 0.225. The van der Waals surface area contributed by atoms with Crippen LogP contribution in [0.15, 0.2) is 78.9 Å². The first-order chi connectivity index (χ1) is 10.3. The van der Waals surface area contributed by atoms with Gasteiger partial charge in [-0.2, -0.15) is 0 Å². The molecule has 0 unspecified atom stereocenters. The van der Waals surface area contributed by atoms with Gasteiger partial charge in [-0.3, -0.25) is 4.79 Å². The van der Waals surface area contributed by atoms with Crippen LogP contribution in [-0.2, 0) is 0 Å². The Hall–Kier alpha value is -2.67. The maximum Gasteiger partial charge on any atom is 0.167 e. The third-order valence-corrected chi connectivity index (χ3v) is 3.52. The first kappa shape index (κ1) is 13.3. The van der Waals surface area contributed by atoms with Gasteiger partial charge in [-0.25, -0.2) is 0 Å². The van der Waals surface area contributed by atoms with Crippen molar-refractivity contribution in [2.45, 2.75) is 6.42 Å². The van der Waals surface area contributed by atoms with Crippen LogP contribution < -0.4 is 0 Å². The molecule has 21 heavy (non-hydrogen) atoms. The van der Waals surface area contributed by atoms with Crippen molar-refractivity contribution in [2.75, 3.05) is 0 Å². The molecule has 0 bridgehead atoms. The van der Waals surface area contributed by atoms with Gasteiger partial charge in [0.05, 0.1) is 0 Å². The van der Waals surface area contributed by atoms with Crippen molar-refractivity contribution in [2.24, 2.45) is 0 Å². The van der Waals surface area contributed by atoms with Crippen molar-refractivity contribution in [1.82, 2.24) is 0 Å². The Balaban J connectivity index is 0.000000126. The molecule has 0 spiro atoms. The highest BCUT2D eigenvalue weighted by atomic mass is 16.1. The third kappa shape index (κ3) is 3.09. The zero-order valence-corrected chi connectivity index (χ0v) is 11.7. The van der Waals surface area contributed by atoms with E-state index in [0.29, 0.717) is 6.42 Å². The van der Waals surface area contributed by atoms with Crippen LogP contribution in [0.25, 0.3) is 16.8 Å². The molecule has 0 atom stereocenters. The summed E-state index contributed by atoms with van der Waals surface area (Å²) in [6.07, 6.45) is 4.46. The van der Waals surface area contributed by atoms with E-state index in [2.05, 4.69) is 48.5 Å². The number of fused-ring (bicyclic) bond motifs is 2. The number of hydrogen-bond acceptors (Lipinski definition) is 1. The first-order valence-electron chi connectivity index (χ1n) is 7.07. The number of carbonyl (C=O) groups is 1. The molecule has 1 aliphatic rings. The Bertz CT molecular complexity index is 734. The highest BCUT2D eigenvalue weighted by Gasteiger charge is 2.10. The van der Waals surface area contributed by atoms with E-state index in [1.165, 1.54) is 10.8 Å². The van der Waals surface area contributed by atoms with Crippen molar-refractivity contribution in [3.8, 4) is 0 Å². The predicted octanol–water partition coefficient (Wildman–Crippen LogP) is 5.13. The van der Waals surface area contributed by atoms with E-state index >= 15 is 0 Å². The number of carbonyl (C=O) groups excluding carboxylic acids is 1. The Labute approximate surface area is 124 Å². The topological polar surface area (TPSA) is 17.1 Å². The molecular weight excluding hydrogens is 256 g/mol. The molecule has 1 heteroatoms. The number of hydrogen-bond donors (Lipinski definition) is 0. The van der Waals surface area contributed by atoms with E-state index in [9.17, 15) is 4.79 Å². The van der Waals surface area contributed by atoms with Gasteiger partial charge in [-0.1, -0.05) is 84.9 Å². The van der Waals surface area contributed by atoms with Gasteiger partial charge >= 0.3 is 0 Å². The van der Waals surface area contributed by atoms with Gasteiger partial charge in [0.2, 0.25) is 0 Å². The van der Waals surface area contributed by atoms with E-state index in [1.807, 2.05) is 36.4 Å². The summed E-state index contributed by atoms with van der Waals surface area (Å²) in [7, 11) is 0. The number of allylic oxidation sites excluding steroid dienone is 1. The second-order valence-corrected chi connectivity index (χ2v) is 4.96. The molecule has 0 radical (unpaired) electrons. The fraction of sp³-hybridized carbons (Fsp3) is 0.0500. The molecule has 3 aromatic carbocycles. The van der Waals surface area contributed by atoms with Crippen LogP contribution in [0.5, 0.6) is 0 Å². The lowest BCUT2D eigenvalue weighted by molar-refractivity contribution is 0.0994. The predicted molar refractivity (Wildman–Crippen MR) is 88.4 cm³/mol. The van der Waals surface area contributed by atoms with Gasteiger partial charge in [-0.15, -0.1) is 0 Å². The number of rotatable bonds is 0. The molecule has 0 amide bonds. The molecule has 0 aliphatic heterocycles. The minimum absolute atomic E-state index is 0.225. The molecule has 0 saturated heterocycles. The molecule has 102 valence electrons. The second-order valence-electron chi connectivity index (χ2n) is 4.96. The molecular formula is C20H16O. The van der Waals surface area contributed by atoms with Crippen LogP contribution in [-0.4, -0.2) is 5.78 Å². The molecule has 4 rings (SSSR count). The van der Waals surface area contributed by atoms with E-state index in [4.69, 9.17) is 0 Å². The van der Waals surface area contributed by atoms with Crippen LogP contribution in [0.3, 0.4) is 0 Å². The molecule has 1 nitrogen and oxygen atoms in total. The first-order valence-corrected chi connectivity index (χ1v) is 7.07. The summed E-state index contributed by atoms with van der Waals surface area (Å²) in [6.45, 7) is 0. The third-order valence-electron chi connectivity index (χ3n) is 3.52. The van der Waals surface area contributed by atoms with Gasteiger partial charge < -0.3 is 0 Å². The maximum atomic E-state index is 11.2. The zero-order chi connectivity index (χ0) is 14.5. The summed E-state index contributed by atoms with van der Waals surface area (Å²) >= 11 is 0. The van der Waals surface area contributed by atoms with Crippen LogP contribution in [0.1, 0.15) is 22.3 Å². The molecule has 0 aromatic heterocycles. The Kier molecular flexibility index (Phi) is 3.92. The van der Waals surface area contributed by atoms with Gasteiger partial charge in [0.1, 0.15) is 0 Å². The van der Waals surface area contributed by atoms with E-state index in [1.54, 1.807) is 0 Å². The fourth-order valence-corrected chi connectivity index (χ4v) is 2.43. The van der Waals surface area contributed by atoms with Crippen LogP contribution >= 0.6 is 0 Å². The number of ketones is 1. The Morgan fingerprint density at radius 2 is 1.19 bits per heavy atom. The molecule has 0 saturated carbocycles. The minimum atomic E-state index is 0.225. The Morgan fingerprint density at radius 3 is 1.76 bits per heavy atom. The lowest BCUT2D eigenvalue weighted by Crippen LogP contribution is -2.02. The molecule has 3 aromatic rings. The normalized spacial score (nSPS) is 12.5. The second kappa shape index (κ2) is 6.19. The van der Waals surface area contributed by atoms with Gasteiger partial charge in [0.15, 0.2) is 5.78 Å². The monoisotopic (exact) mass is 272 g/mol. The fourth-order valence-electron chi connectivity index (χ4n) is 2.43. The average molecular weight is 272 g/mol. The maximum absolute atomic E-state index is 11.2. The molecule has 0 N–H and O–H groups in total. The smallest absolute Gasteiger partial charge is 0.167 e. The average Bonchev–Trinajstić information content (AvgIpc) is 2.56. The van der Waals surface area contributed by atoms with Crippen molar-refractivity contribution in [3.05, 3.63) is 90.0 Å². The van der Waals surface area contributed by atoms with Crippen molar-refractivity contribution in [3.63, 3.8) is 0 Å². The van der Waals surface area contributed by atoms with Gasteiger partial charge in [0.25, 0.3) is 0 Å². The van der Waals surface area contributed by atoms with Crippen LogP contribution in [0, 0.1) is 0 Å². The summed E-state index contributed by atoms with van der Waals surface area (Å²) in [5, 5.41) is 2.62. The summed E-state index contributed by atoms with van der Waals surface area (Å²) in [4.78, 5) is 11.2. The van der Waals surface area contributed by atoms with Gasteiger partial charge in [-0.05, 0) is 16.3 Å². The van der Waals surface area contributed by atoms with Crippen LogP contribution in [0.4, 0.5) is 0 Å².